The van der Waals surface area contributed by atoms with Crippen molar-refractivity contribution in [3.63, 3.8) is 0 Å². The van der Waals surface area contributed by atoms with E-state index in [1.165, 1.54) is 0 Å². The number of hydrogen-bond donors (Lipinski definition) is 2. The van der Waals surface area contributed by atoms with Crippen LogP contribution in [-0.2, 0) is 27.5 Å². The molecule has 0 heterocycles. The molecule has 4 N–H and O–H groups in total. The van der Waals surface area contributed by atoms with Crippen molar-refractivity contribution in [3.05, 3.63) is 0 Å². The first-order valence-corrected chi connectivity index (χ1v) is 2.10. The van der Waals surface area contributed by atoms with E-state index in [1.807, 2.05) is 0 Å². The summed E-state index contributed by atoms with van der Waals surface area (Å²) in [6, 6.07) is 0. The molecule has 0 fully saturated rings. The summed E-state index contributed by atoms with van der Waals surface area (Å²) >= 11 is 0. The topological polar surface area (TPSA) is 106 Å². The Morgan fingerprint density at radius 1 is 1.12 bits per heavy atom. The van der Waals surface area contributed by atoms with Gasteiger partial charge in [-0.3, -0.25) is 9.11 Å². The summed E-state index contributed by atoms with van der Waals surface area (Å²) in [5, 5.41) is 0. The van der Waals surface area contributed by atoms with Crippen LogP contribution in [0.25, 0.3) is 0 Å². The van der Waals surface area contributed by atoms with E-state index in [2.05, 4.69) is 0 Å². The molecule has 0 aromatic heterocycles. The molecule has 0 amide bonds. The van der Waals surface area contributed by atoms with Crippen molar-refractivity contribution in [2.75, 3.05) is 0 Å². The van der Waals surface area contributed by atoms with Crippen molar-refractivity contribution in [1.29, 1.82) is 0 Å². The van der Waals surface area contributed by atoms with Crippen LogP contribution in [0.3, 0.4) is 0 Å². The molecule has 57 valence electrons. The Morgan fingerprint density at radius 3 is 1.12 bits per heavy atom. The number of rotatable bonds is 0. The van der Waals surface area contributed by atoms with E-state index in [-0.39, 0.29) is 39.9 Å². The molecule has 1 radical (unpaired) electrons. The van der Waals surface area contributed by atoms with Crippen LogP contribution in [0, 0.1) is 0 Å². The van der Waals surface area contributed by atoms with Gasteiger partial charge in [-0.25, -0.2) is 0 Å². The van der Waals surface area contributed by atoms with Crippen LogP contribution < -0.4 is 0 Å². The molecular weight excluding hydrogens is 203 g/mol. The molecule has 8 heavy (non-hydrogen) atoms. The smallest absolute Gasteiger partial charge is 0.394 e. The average molecular weight is 210 g/mol. The minimum atomic E-state index is -4.67. The molecule has 5 nitrogen and oxygen atoms in total. The molecule has 0 aliphatic rings. The third-order valence-corrected chi connectivity index (χ3v) is 0. The van der Waals surface area contributed by atoms with Gasteiger partial charge in [0, 0.05) is 17.1 Å². The summed E-state index contributed by atoms with van der Waals surface area (Å²) in [7, 11) is -4.67. The molecule has 0 rings (SSSR count). The zero-order valence-corrected chi connectivity index (χ0v) is 4.68. The monoisotopic (exact) mass is 209 g/mol. The first-order chi connectivity index (χ1) is 2.00. The van der Waals surface area contributed by atoms with Crippen molar-refractivity contribution >= 4 is 27.8 Å². The Balaban J connectivity index is -0.0000000267. The van der Waals surface area contributed by atoms with Crippen LogP contribution >= 0.6 is 0 Å². The van der Waals surface area contributed by atoms with E-state index in [4.69, 9.17) is 17.5 Å². The summed E-state index contributed by atoms with van der Waals surface area (Å²) in [6.45, 7) is 0. The van der Waals surface area contributed by atoms with Gasteiger partial charge in [0.05, 0.1) is 0 Å². The molecule has 0 saturated heterocycles. The van der Waals surface area contributed by atoms with E-state index in [9.17, 15) is 0 Å². The molecular formula is H7AlCuO5S. The van der Waals surface area contributed by atoms with E-state index in [1.54, 1.807) is 0 Å². The fourth-order valence-electron chi connectivity index (χ4n) is 0. The van der Waals surface area contributed by atoms with E-state index in [0.29, 0.717) is 0 Å². The molecule has 0 unspecified atom stereocenters. The minimum Gasteiger partial charge on any atom is -0.412 e. The Labute approximate surface area is 68.0 Å². The molecule has 0 atom stereocenters. The first kappa shape index (κ1) is 23.2. The predicted molar refractivity (Wildman–Crippen MR) is 27.7 cm³/mol. The van der Waals surface area contributed by atoms with Gasteiger partial charge in [0.2, 0.25) is 0 Å². The summed E-state index contributed by atoms with van der Waals surface area (Å²) in [4.78, 5) is 0. The van der Waals surface area contributed by atoms with Gasteiger partial charge in [-0.05, 0) is 0 Å². The summed E-state index contributed by atoms with van der Waals surface area (Å²) in [6.07, 6.45) is 0. The maximum atomic E-state index is 8.74. The Bertz CT molecular complexity index is 95.6. The molecule has 0 saturated carbocycles. The second kappa shape index (κ2) is 7.88. The zero-order valence-electron chi connectivity index (χ0n) is 2.92. The van der Waals surface area contributed by atoms with E-state index >= 15 is 0 Å². The van der Waals surface area contributed by atoms with Gasteiger partial charge in [0.1, 0.15) is 0 Å². The largest absolute Gasteiger partial charge is 0.412 e. The molecule has 0 bridgehead atoms. The van der Waals surface area contributed by atoms with Gasteiger partial charge in [0.15, 0.2) is 17.4 Å². The average Bonchev–Trinajstić information content (AvgIpc) is 0.722. The third kappa shape index (κ3) is 306. The van der Waals surface area contributed by atoms with Crippen molar-refractivity contribution in [2.24, 2.45) is 0 Å². The Hall–Kier alpha value is 0.882. The fourth-order valence-corrected chi connectivity index (χ4v) is 0. The molecule has 8 heteroatoms. The van der Waals surface area contributed by atoms with E-state index < -0.39 is 10.4 Å². The normalized spacial score (nSPS) is 7.25. The second-order valence-corrected chi connectivity index (χ2v) is 1.34. The van der Waals surface area contributed by atoms with Crippen LogP contribution in [0.15, 0.2) is 0 Å². The maximum absolute atomic E-state index is 8.74. The quantitative estimate of drug-likeness (QED) is 0.335. The third-order valence-electron chi connectivity index (χ3n) is 0. The number of hydrogen-bond acceptors (Lipinski definition) is 2. The standard InChI is InChI=1S/Al.Cu.H2O4S.H2O.3H/c;;1-5(2,3)4;;;;/h;;(H2,1,2,3,4);1H2;;;. The van der Waals surface area contributed by atoms with Crippen LogP contribution in [0.2, 0.25) is 0 Å². The van der Waals surface area contributed by atoms with Gasteiger partial charge in [0.25, 0.3) is 0 Å². The van der Waals surface area contributed by atoms with E-state index in [0.717, 1.165) is 0 Å². The van der Waals surface area contributed by atoms with Gasteiger partial charge < -0.3 is 5.48 Å². The maximum Gasteiger partial charge on any atom is 0.394 e. The van der Waals surface area contributed by atoms with Crippen molar-refractivity contribution in [3.8, 4) is 0 Å². The van der Waals surface area contributed by atoms with Crippen LogP contribution in [0.1, 0.15) is 0 Å². The predicted octanol–water partition coefficient (Wildman–Crippen LogP) is -2.66. The Morgan fingerprint density at radius 2 is 1.12 bits per heavy atom. The zero-order chi connectivity index (χ0) is 4.50. The first-order valence-electron chi connectivity index (χ1n) is 0.698. The van der Waals surface area contributed by atoms with Crippen LogP contribution in [0.5, 0.6) is 0 Å². The van der Waals surface area contributed by atoms with Crippen molar-refractivity contribution < 1.29 is 40.1 Å². The molecule has 0 spiro atoms. The molecule has 0 aromatic carbocycles. The SMILES string of the molecule is O.O=S(=O)(O)O.[AlH3].[Cu]. The minimum absolute atomic E-state index is 0. The van der Waals surface area contributed by atoms with Gasteiger partial charge in [-0.15, -0.1) is 0 Å². The molecule has 0 aliphatic carbocycles. The summed E-state index contributed by atoms with van der Waals surface area (Å²) in [5.41, 5.74) is 0. The van der Waals surface area contributed by atoms with Crippen molar-refractivity contribution in [1.82, 2.24) is 0 Å². The fraction of sp³-hybridized carbons (Fsp3) is 0. The second-order valence-electron chi connectivity index (χ2n) is 0.448. The van der Waals surface area contributed by atoms with Gasteiger partial charge >= 0.3 is 10.4 Å². The summed E-state index contributed by atoms with van der Waals surface area (Å²) in [5.74, 6) is 0. The van der Waals surface area contributed by atoms with Crippen LogP contribution in [-0.4, -0.2) is 40.4 Å². The van der Waals surface area contributed by atoms with Gasteiger partial charge in [-0.2, -0.15) is 8.42 Å². The van der Waals surface area contributed by atoms with Crippen molar-refractivity contribution in [2.45, 2.75) is 0 Å². The van der Waals surface area contributed by atoms with Gasteiger partial charge in [-0.1, -0.05) is 0 Å². The van der Waals surface area contributed by atoms with Crippen LogP contribution in [0.4, 0.5) is 0 Å². The molecule has 0 aliphatic heterocycles. The Kier molecular flexibility index (Phi) is 22.8. The molecule has 0 aromatic rings. The summed E-state index contributed by atoms with van der Waals surface area (Å²) < 4.78 is 31.6.